The second-order valence-corrected chi connectivity index (χ2v) is 0.862. The van der Waals surface area contributed by atoms with Gasteiger partial charge in [0.25, 0.3) is 0 Å². The molecule has 0 saturated carbocycles. The molecule has 0 aromatic rings. The Morgan fingerprint density at radius 1 is 1.75 bits per heavy atom. The molecule has 0 aromatic heterocycles. The maximum atomic E-state index is 7.55. The van der Waals surface area contributed by atoms with Gasteiger partial charge in [-0.2, -0.15) is 0 Å². The van der Waals surface area contributed by atoms with Gasteiger partial charge in [0.1, 0.15) is 0 Å². The van der Waals surface area contributed by atoms with Gasteiger partial charge in [0.05, 0.1) is 16.3 Å². The number of aliphatic hydroxyl groups excluding tert-OH is 1. The van der Waals surface area contributed by atoms with Crippen LogP contribution in [-0.4, -0.2) is 15.3 Å². The first-order chi connectivity index (χ1) is 1.91. The minimum atomic E-state index is 0.779. The minimum absolute atomic E-state index is 0.779. The van der Waals surface area contributed by atoms with Gasteiger partial charge in [-0.3, -0.25) is 0 Å². The summed E-state index contributed by atoms with van der Waals surface area (Å²) < 4.78 is 0. The Bertz CT molecular complexity index is 42.8. The van der Waals surface area contributed by atoms with Crippen LogP contribution in [0.25, 0.3) is 0 Å². The molecule has 0 saturated heterocycles. The third-order valence-corrected chi connectivity index (χ3v) is 0.335. The molecule has 0 aromatic carbocycles. The van der Waals surface area contributed by atoms with E-state index in [0.717, 1.165) is 10.2 Å². The minimum Gasteiger partial charge on any atom is -0.462 e. The van der Waals surface area contributed by atoms with Crippen molar-refractivity contribution in [1.82, 2.24) is 0 Å². The van der Waals surface area contributed by atoms with Crippen LogP contribution in [0.3, 0.4) is 0 Å². The highest BCUT2D eigenvalue weighted by Crippen LogP contribution is 1.22. The molecule has 0 spiro atoms. The van der Waals surface area contributed by atoms with Crippen molar-refractivity contribution in [3.05, 3.63) is 0 Å². The summed E-state index contributed by atoms with van der Waals surface area (Å²) in [5.74, 6) is 0. The van der Waals surface area contributed by atoms with E-state index in [2.05, 4.69) is 5.54 Å². The normalized spacial score (nSPS) is 4.00. The highest BCUT2D eigenvalue weighted by atomic mass is 28.1. The monoisotopic (exact) mass is 72.0 g/mol. The third kappa shape index (κ3) is 1.58. The molecule has 1 nitrogen and oxygen atoms in total. The molecule has 0 aliphatic heterocycles. The molecule has 0 radical (unpaired) electrons. The van der Waals surface area contributed by atoms with E-state index < -0.39 is 0 Å². The highest BCUT2D eigenvalue weighted by molar-refractivity contribution is 6.21. The lowest BCUT2D eigenvalue weighted by atomic mass is 11.3. The number of rotatable bonds is 0. The fraction of sp³-hybridized carbons (Fsp3) is 0. The fourth-order valence-corrected chi connectivity index (χ4v) is 0. The van der Waals surface area contributed by atoms with Crippen LogP contribution in [0.4, 0.5) is 0 Å². The molecule has 0 heterocycles. The van der Waals surface area contributed by atoms with Gasteiger partial charge in [0.15, 0.2) is 0 Å². The standard InChI is InChI=1S/C2H4OSi/c3-1-2-4/h3H,4H3. The molecule has 0 rings (SSSR count). The second kappa shape index (κ2) is 2.58. The summed E-state index contributed by atoms with van der Waals surface area (Å²) in [5.41, 5.74) is 2.38. The van der Waals surface area contributed by atoms with Crippen LogP contribution in [0.5, 0.6) is 0 Å². The maximum Gasteiger partial charge on any atom is 0.0985 e. The smallest absolute Gasteiger partial charge is 0.0985 e. The SMILES string of the molecule is OC#C[SiH3]. The van der Waals surface area contributed by atoms with Crippen molar-refractivity contribution in [2.75, 3.05) is 0 Å². The van der Waals surface area contributed by atoms with Crippen LogP contribution < -0.4 is 0 Å². The molecule has 0 unspecified atom stereocenters. The zero-order valence-electron chi connectivity index (χ0n) is 2.45. The molecule has 0 amide bonds. The van der Waals surface area contributed by atoms with E-state index in [1.165, 1.54) is 0 Å². The van der Waals surface area contributed by atoms with Crippen molar-refractivity contribution in [2.45, 2.75) is 0 Å². The first kappa shape index (κ1) is 3.58. The van der Waals surface area contributed by atoms with Gasteiger partial charge < -0.3 is 5.11 Å². The van der Waals surface area contributed by atoms with Crippen LogP contribution in [0.1, 0.15) is 0 Å². The van der Waals surface area contributed by atoms with Crippen molar-refractivity contribution in [1.29, 1.82) is 0 Å². The molecule has 0 aliphatic carbocycles. The average molecular weight is 72.1 g/mol. The van der Waals surface area contributed by atoms with E-state index in [9.17, 15) is 0 Å². The van der Waals surface area contributed by atoms with Crippen molar-refractivity contribution >= 4 is 10.2 Å². The van der Waals surface area contributed by atoms with Crippen LogP contribution in [0.15, 0.2) is 0 Å². The molecule has 22 valence electrons. The lowest BCUT2D eigenvalue weighted by Gasteiger charge is -1.43. The topological polar surface area (TPSA) is 20.2 Å². The zero-order valence-corrected chi connectivity index (χ0v) is 4.45. The summed E-state index contributed by atoms with van der Waals surface area (Å²) in [7, 11) is 0.779. The van der Waals surface area contributed by atoms with Crippen molar-refractivity contribution in [3.63, 3.8) is 0 Å². The van der Waals surface area contributed by atoms with Gasteiger partial charge >= 0.3 is 0 Å². The average Bonchev–Trinajstić information content (AvgIpc) is 1.37. The summed E-state index contributed by atoms with van der Waals surface area (Å²) in [6.07, 6.45) is 1.74. The summed E-state index contributed by atoms with van der Waals surface area (Å²) in [6, 6.07) is 0. The van der Waals surface area contributed by atoms with Gasteiger partial charge in [0.2, 0.25) is 0 Å². The molecule has 0 bridgehead atoms. The van der Waals surface area contributed by atoms with Crippen LogP contribution in [0.2, 0.25) is 0 Å². The predicted octanol–water partition coefficient (Wildman–Crippen LogP) is -1.36. The molecule has 0 atom stereocenters. The molecule has 4 heavy (non-hydrogen) atoms. The summed E-state index contributed by atoms with van der Waals surface area (Å²) in [4.78, 5) is 0. The number of hydrogen-bond donors (Lipinski definition) is 1. The van der Waals surface area contributed by atoms with E-state index >= 15 is 0 Å². The molecule has 0 aliphatic rings. The number of hydrogen-bond acceptors (Lipinski definition) is 1. The third-order valence-electron chi connectivity index (χ3n) is 0.112. The molecule has 1 N–H and O–H groups in total. The quantitative estimate of drug-likeness (QED) is 0.277. The Hall–Kier alpha value is -0.423. The van der Waals surface area contributed by atoms with E-state index in [1.807, 2.05) is 0 Å². The van der Waals surface area contributed by atoms with Crippen LogP contribution in [0, 0.1) is 11.7 Å². The zero-order chi connectivity index (χ0) is 3.41. The Labute approximate surface area is 28.1 Å². The summed E-state index contributed by atoms with van der Waals surface area (Å²) >= 11 is 0. The van der Waals surface area contributed by atoms with Crippen molar-refractivity contribution in [2.24, 2.45) is 0 Å². The van der Waals surface area contributed by atoms with Gasteiger partial charge in [-0.25, -0.2) is 0 Å². The van der Waals surface area contributed by atoms with Crippen molar-refractivity contribution in [3.8, 4) is 11.7 Å². The lowest BCUT2D eigenvalue weighted by Crippen LogP contribution is -1.46. The first-order valence-corrected chi connectivity index (χ1v) is 1.97. The fourth-order valence-electron chi connectivity index (χ4n) is 0. The largest absolute Gasteiger partial charge is 0.462 e. The Morgan fingerprint density at radius 2 is 2.00 bits per heavy atom. The number of aliphatic hydroxyl groups is 1. The van der Waals surface area contributed by atoms with Crippen LogP contribution >= 0.6 is 0 Å². The highest BCUT2D eigenvalue weighted by Gasteiger charge is 1.29. The second-order valence-electron chi connectivity index (χ2n) is 0.362. The van der Waals surface area contributed by atoms with E-state index in [-0.39, 0.29) is 0 Å². The summed E-state index contributed by atoms with van der Waals surface area (Å²) in [6.45, 7) is 0. The predicted molar refractivity (Wildman–Crippen MR) is 19.7 cm³/mol. The molecule has 0 fully saturated rings. The van der Waals surface area contributed by atoms with Gasteiger partial charge in [-0.1, -0.05) is 0 Å². The van der Waals surface area contributed by atoms with Gasteiger partial charge in [0, 0.05) is 0 Å². The van der Waals surface area contributed by atoms with E-state index in [1.54, 1.807) is 6.11 Å². The molecular weight excluding hydrogens is 68.1 g/mol. The molecular formula is C2H4OSi. The van der Waals surface area contributed by atoms with E-state index in [0.29, 0.717) is 0 Å². The van der Waals surface area contributed by atoms with Gasteiger partial charge in [-0.15, -0.1) is 5.54 Å². The lowest BCUT2D eigenvalue weighted by molar-refractivity contribution is 0.518. The van der Waals surface area contributed by atoms with Gasteiger partial charge in [-0.05, 0) is 0 Å². The van der Waals surface area contributed by atoms with Crippen molar-refractivity contribution < 1.29 is 5.11 Å². The first-order valence-electron chi connectivity index (χ1n) is 0.974. The summed E-state index contributed by atoms with van der Waals surface area (Å²) in [5, 5.41) is 7.55. The molecule has 2 heteroatoms. The Kier molecular flexibility index (Phi) is 2.30. The van der Waals surface area contributed by atoms with Crippen LogP contribution in [-0.2, 0) is 0 Å². The maximum absolute atomic E-state index is 7.55. The Balaban J connectivity index is 2.83. The Morgan fingerprint density at radius 3 is 2.00 bits per heavy atom. The van der Waals surface area contributed by atoms with E-state index in [4.69, 9.17) is 5.11 Å².